The molecule has 1 heterocycles. The third-order valence-corrected chi connectivity index (χ3v) is 4.81. The van der Waals surface area contributed by atoms with E-state index in [2.05, 4.69) is 26.0 Å². The zero-order valence-electron chi connectivity index (χ0n) is 15.8. The average molecular weight is 333 g/mol. The lowest BCUT2D eigenvalue weighted by atomic mass is 9.92. The third-order valence-electron chi connectivity index (χ3n) is 4.81. The van der Waals surface area contributed by atoms with E-state index in [4.69, 9.17) is 9.47 Å². The number of quaternary nitrogens is 1. The number of unbranched alkanes of at least 4 members (excludes halogenated alkanes) is 1. The van der Waals surface area contributed by atoms with E-state index in [1.54, 1.807) is 12.0 Å². The Morgan fingerprint density at radius 1 is 1.12 bits per heavy atom. The number of likely N-dealkylation sites (tertiary alicyclic amines) is 1. The Kier molecular flexibility index (Phi) is 7.64. The molecular formula is C21H34NO2+. The molecule has 24 heavy (non-hydrogen) atoms. The predicted molar refractivity (Wildman–Crippen MR) is 101 cm³/mol. The topological polar surface area (TPSA) is 22.9 Å². The standard InChI is InChI=1S/C21H33NO2/c1-5-8-19-9-10-20(21(14-19)23-4)24-12-7-6-11-22-15-17(2)13-18(3)16-22/h5,8-10,14,17-18H,6-7,11-13,15-16H2,1-4H3/p+1/b8-5+/t17-,18-/m1/s1. The van der Waals surface area contributed by atoms with E-state index in [9.17, 15) is 0 Å². The summed E-state index contributed by atoms with van der Waals surface area (Å²) in [4.78, 5) is 1.77. The highest BCUT2D eigenvalue weighted by Crippen LogP contribution is 2.28. The summed E-state index contributed by atoms with van der Waals surface area (Å²) in [6.45, 7) is 11.5. The molecule has 1 saturated heterocycles. The zero-order chi connectivity index (χ0) is 17.4. The molecule has 1 aromatic rings. The van der Waals surface area contributed by atoms with Crippen molar-refractivity contribution in [2.45, 2.75) is 40.0 Å². The number of hydrogen-bond donors (Lipinski definition) is 1. The molecule has 134 valence electrons. The lowest BCUT2D eigenvalue weighted by Gasteiger charge is -2.32. The van der Waals surface area contributed by atoms with E-state index in [0.29, 0.717) is 0 Å². The molecule has 0 spiro atoms. The minimum absolute atomic E-state index is 0.762. The van der Waals surface area contributed by atoms with E-state index in [-0.39, 0.29) is 0 Å². The van der Waals surface area contributed by atoms with Crippen molar-refractivity contribution in [3.63, 3.8) is 0 Å². The maximum Gasteiger partial charge on any atom is 0.161 e. The van der Waals surface area contributed by atoms with Crippen LogP contribution in [-0.4, -0.2) is 33.4 Å². The van der Waals surface area contributed by atoms with Gasteiger partial charge in [-0.15, -0.1) is 0 Å². The second-order valence-electron chi connectivity index (χ2n) is 7.32. The van der Waals surface area contributed by atoms with Crippen LogP contribution in [0.15, 0.2) is 24.3 Å². The molecule has 0 aliphatic carbocycles. The van der Waals surface area contributed by atoms with Crippen LogP contribution in [0.2, 0.25) is 0 Å². The number of methoxy groups -OCH3 is 1. The molecule has 1 N–H and O–H groups in total. The molecule has 1 aromatic carbocycles. The minimum atomic E-state index is 0.762. The molecule has 3 nitrogen and oxygen atoms in total. The van der Waals surface area contributed by atoms with Gasteiger partial charge in [0.15, 0.2) is 11.5 Å². The second-order valence-corrected chi connectivity index (χ2v) is 7.32. The van der Waals surface area contributed by atoms with Gasteiger partial charge in [-0.05, 0) is 43.9 Å². The summed E-state index contributed by atoms with van der Waals surface area (Å²) in [5.74, 6) is 3.41. The van der Waals surface area contributed by atoms with Gasteiger partial charge in [-0.25, -0.2) is 0 Å². The van der Waals surface area contributed by atoms with Crippen molar-refractivity contribution in [1.29, 1.82) is 0 Å². The highest BCUT2D eigenvalue weighted by atomic mass is 16.5. The molecule has 0 amide bonds. The van der Waals surface area contributed by atoms with Gasteiger partial charge in [-0.3, -0.25) is 0 Å². The molecule has 2 atom stereocenters. The van der Waals surface area contributed by atoms with Crippen LogP contribution >= 0.6 is 0 Å². The maximum absolute atomic E-state index is 5.93. The number of allylic oxidation sites excluding steroid dienone is 1. The Morgan fingerprint density at radius 2 is 1.88 bits per heavy atom. The summed E-state index contributed by atoms with van der Waals surface area (Å²) in [6, 6.07) is 6.10. The molecule has 2 rings (SSSR count). The Balaban J connectivity index is 1.72. The van der Waals surface area contributed by atoms with Gasteiger partial charge in [0.25, 0.3) is 0 Å². The van der Waals surface area contributed by atoms with E-state index in [1.807, 2.05) is 25.1 Å². The summed E-state index contributed by atoms with van der Waals surface area (Å²) in [5, 5.41) is 0. The molecule has 0 saturated carbocycles. The Hall–Kier alpha value is -1.48. The van der Waals surface area contributed by atoms with Crippen molar-refractivity contribution in [3.05, 3.63) is 29.8 Å². The molecule has 1 aliphatic heterocycles. The fourth-order valence-corrected chi connectivity index (χ4v) is 3.89. The van der Waals surface area contributed by atoms with Gasteiger partial charge in [0.05, 0.1) is 33.4 Å². The average Bonchev–Trinajstić information content (AvgIpc) is 2.55. The van der Waals surface area contributed by atoms with Crippen LogP contribution in [0.4, 0.5) is 0 Å². The molecule has 1 aliphatic rings. The summed E-state index contributed by atoms with van der Waals surface area (Å²) < 4.78 is 11.4. The van der Waals surface area contributed by atoms with Crippen LogP contribution < -0.4 is 14.4 Å². The van der Waals surface area contributed by atoms with Crippen molar-refractivity contribution in [3.8, 4) is 11.5 Å². The lowest BCUT2D eigenvalue weighted by Crippen LogP contribution is -3.14. The largest absolute Gasteiger partial charge is 0.493 e. The first kappa shape index (κ1) is 18.9. The highest BCUT2D eigenvalue weighted by Gasteiger charge is 2.24. The molecule has 1 fully saturated rings. The van der Waals surface area contributed by atoms with E-state index >= 15 is 0 Å². The van der Waals surface area contributed by atoms with E-state index in [0.717, 1.165) is 41.9 Å². The van der Waals surface area contributed by atoms with Crippen molar-refractivity contribution >= 4 is 6.08 Å². The van der Waals surface area contributed by atoms with Gasteiger partial charge in [-0.1, -0.05) is 32.1 Å². The molecule has 0 unspecified atom stereocenters. The van der Waals surface area contributed by atoms with Gasteiger partial charge >= 0.3 is 0 Å². The first-order valence-corrected chi connectivity index (χ1v) is 9.39. The number of ether oxygens (including phenoxy) is 2. The summed E-state index contributed by atoms with van der Waals surface area (Å²) >= 11 is 0. The summed E-state index contributed by atoms with van der Waals surface area (Å²) in [7, 11) is 1.70. The minimum Gasteiger partial charge on any atom is -0.493 e. The van der Waals surface area contributed by atoms with Crippen LogP contribution in [0.25, 0.3) is 6.08 Å². The fraction of sp³-hybridized carbons (Fsp3) is 0.619. The molecule has 0 aromatic heterocycles. The van der Waals surface area contributed by atoms with Crippen molar-refractivity contribution in [2.75, 3.05) is 33.4 Å². The maximum atomic E-state index is 5.93. The normalized spacial score (nSPS) is 24.2. The first-order chi connectivity index (χ1) is 11.6. The van der Waals surface area contributed by atoms with Crippen LogP contribution in [0.5, 0.6) is 11.5 Å². The molecule has 0 bridgehead atoms. The number of benzene rings is 1. The van der Waals surface area contributed by atoms with E-state index in [1.165, 1.54) is 32.5 Å². The Bertz CT molecular complexity index is 517. The summed E-state index contributed by atoms with van der Waals surface area (Å²) in [6.07, 6.45) is 7.82. The predicted octanol–water partition coefficient (Wildman–Crippen LogP) is 3.45. The van der Waals surface area contributed by atoms with Crippen molar-refractivity contribution in [1.82, 2.24) is 0 Å². The SMILES string of the molecule is C/C=C/c1ccc(OCCCC[NH+]2C[C@H](C)C[C@@H](C)C2)c(OC)c1. The van der Waals surface area contributed by atoms with Gasteiger partial charge in [0.2, 0.25) is 0 Å². The van der Waals surface area contributed by atoms with Crippen molar-refractivity contribution in [2.24, 2.45) is 11.8 Å². The fourth-order valence-electron chi connectivity index (χ4n) is 3.89. The first-order valence-electron chi connectivity index (χ1n) is 9.39. The van der Waals surface area contributed by atoms with Crippen LogP contribution in [0.1, 0.15) is 45.6 Å². The van der Waals surface area contributed by atoms with Gasteiger partial charge in [0, 0.05) is 11.8 Å². The number of nitrogens with one attached hydrogen (secondary N) is 1. The Labute approximate surface area is 147 Å². The zero-order valence-corrected chi connectivity index (χ0v) is 15.8. The molecule has 3 heteroatoms. The van der Waals surface area contributed by atoms with Crippen LogP contribution in [0, 0.1) is 11.8 Å². The lowest BCUT2D eigenvalue weighted by molar-refractivity contribution is -0.912. The summed E-state index contributed by atoms with van der Waals surface area (Å²) in [5.41, 5.74) is 1.14. The number of piperidine rings is 1. The third kappa shape index (κ3) is 5.86. The quantitative estimate of drug-likeness (QED) is 0.737. The van der Waals surface area contributed by atoms with E-state index < -0.39 is 0 Å². The van der Waals surface area contributed by atoms with Gasteiger partial charge < -0.3 is 14.4 Å². The Morgan fingerprint density at radius 3 is 2.54 bits per heavy atom. The molecule has 0 radical (unpaired) electrons. The van der Waals surface area contributed by atoms with Crippen LogP contribution in [-0.2, 0) is 0 Å². The monoisotopic (exact) mass is 332 g/mol. The molecular weight excluding hydrogens is 298 g/mol. The number of hydrogen-bond acceptors (Lipinski definition) is 2. The highest BCUT2D eigenvalue weighted by molar-refractivity contribution is 5.55. The number of rotatable bonds is 8. The van der Waals surface area contributed by atoms with Gasteiger partial charge in [-0.2, -0.15) is 0 Å². The van der Waals surface area contributed by atoms with Crippen LogP contribution in [0.3, 0.4) is 0 Å². The second kappa shape index (κ2) is 9.73. The van der Waals surface area contributed by atoms with Gasteiger partial charge in [0.1, 0.15) is 0 Å². The van der Waals surface area contributed by atoms with Crippen molar-refractivity contribution < 1.29 is 14.4 Å². The smallest absolute Gasteiger partial charge is 0.161 e.